The average molecular weight is 457 g/mol. The molecule has 33 heavy (non-hydrogen) atoms. The first-order valence-electron chi connectivity index (χ1n) is 11.5. The van der Waals surface area contributed by atoms with Crippen LogP contribution < -0.4 is 0 Å². The molecule has 1 aromatic carbocycles. The average Bonchev–Trinajstić information content (AvgIpc) is 3.18. The zero-order valence-corrected chi connectivity index (χ0v) is 19.5. The van der Waals surface area contributed by atoms with Crippen molar-refractivity contribution in [3.8, 4) is 5.69 Å². The van der Waals surface area contributed by atoms with E-state index in [9.17, 15) is 19.5 Å². The Morgan fingerprint density at radius 1 is 1.09 bits per heavy atom. The number of para-hydroxylation sites is 1. The van der Waals surface area contributed by atoms with E-state index in [0.29, 0.717) is 25.7 Å². The fourth-order valence-corrected chi connectivity index (χ4v) is 4.04. The maximum absolute atomic E-state index is 12.0. The second-order valence-corrected chi connectivity index (χ2v) is 8.77. The van der Waals surface area contributed by atoms with E-state index in [-0.39, 0.29) is 12.3 Å². The van der Waals surface area contributed by atoms with Gasteiger partial charge in [-0.15, -0.1) is 0 Å². The highest BCUT2D eigenvalue weighted by atomic mass is 16.7. The number of carbonyl (C=O) groups is 3. The lowest BCUT2D eigenvalue weighted by atomic mass is 9.93. The molecule has 0 spiro atoms. The predicted octanol–water partition coefficient (Wildman–Crippen LogP) is 3.86. The smallest absolute Gasteiger partial charge is 0.311 e. The largest absolute Gasteiger partial charge is 0.481 e. The first kappa shape index (κ1) is 24.5. The number of carboxylic acids is 1. The van der Waals surface area contributed by atoms with Crippen LogP contribution in [0, 0.1) is 11.8 Å². The van der Waals surface area contributed by atoms with Gasteiger partial charge in [-0.2, -0.15) is 0 Å². The lowest BCUT2D eigenvalue weighted by Crippen LogP contribution is -2.24. The van der Waals surface area contributed by atoms with Crippen molar-refractivity contribution in [2.24, 2.45) is 11.8 Å². The zero-order valence-electron chi connectivity index (χ0n) is 19.5. The van der Waals surface area contributed by atoms with Gasteiger partial charge in [-0.1, -0.05) is 38.5 Å². The van der Waals surface area contributed by atoms with Crippen LogP contribution in [0.5, 0.6) is 0 Å². The number of ether oxygens (including phenoxy) is 2. The molecule has 2 aromatic rings. The lowest BCUT2D eigenvalue weighted by Gasteiger charge is -2.20. The first-order valence-corrected chi connectivity index (χ1v) is 11.5. The summed E-state index contributed by atoms with van der Waals surface area (Å²) in [6.45, 7) is 4.91. The molecular weight excluding hydrogens is 424 g/mol. The number of hydrogen-bond acceptors (Lipinski definition) is 6. The number of imidazole rings is 1. The lowest BCUT2D eigenvalue weighted by molar-refractivity contribution is -0.186. The molecule has 8 nitrogen and oxygen atoms in total. The highest BCUT2D eigenvalue weighted by Gasteiger charge is 2.25. The molecule has 0 fully saturated rings. The number of benzene rings is 1. The second-order valence-electron chi connectivity index (χ2n) is 8.77. The Morgan fingerprint density at radius 3 is 2.58 bits per heavy atom. The van der Waals surface area contributed by atoms with Crippen LogP contribution in [-0.4, -0.2) is 38.9 Å². The van der Waals surface area contributed by atoms with E-state index in [1.165, 1.54) is 12.5 Å². The van der Waals surface area contributed by atoms with Crippen LogP contribution in [0.25, 0.3) is 5.69 Å². The molecule has 0 aliphatic carbocycles. The fraction of sp³-hybridized carbons (Fsp3) is 0.520. The zero-order chi connectivity index (χ0) is 24.0. The minimum atomic E-state index is -0.934. The third-order valence-corrected chi connectivity index (χ3v) is 5.86. The van der Waals surface area contributed by atoms with E-state index >= 15 is 0 Å². The third-order valence-electron chi connectivity index (χ3n) is 5.86. The summed E-state index contributed by atoms with van der Waals surface area (Å²) < 4.78 is 12.2. The number of rotatable bonds is 11. The number of esters is 2. The van der Waals surface area contributed by atoms with Crippen LogP contribution in [0.1, 0.15) is 63.4 Å². The highest BCUT2D eigenvalue weighted by Crippen LogP contribution is 2.28. The molecule has 1 aliphatic heterocycles. The molecule has 2 heterocycles. The molecule has 3 rings (SSSR count). The number of unbranched alkanes of at least 4 members (excludes halogenated alkanes) is 1. The highest BCUT2D eigenvalue weighted by molar-refractivity contribution is 5.72. The van der Waals surface area contributed by atoms with Gasteiger partial charge in [-0.3, -0.25) is 14.4 Å². The van der Waals surface area contributed by atoms with Crippen molar-refractivity contribution in [1.82, 2.24) is 9.55 Å². The van der Waals surface area contributed by atoms with E-state index in [4.69, 9.17) is 9.47 Å². The molecule has 1 aliphatic rings. The molecule has 0 saturated heterocycles. The fourth-order valence-electron chi connectivity index (χ4n) is 4.04. The molecule has 0 radical (unpaired) electrons. The van der Waals surface area contributed by atoms with Crippen molar-refractivity contribution in [1.29, 1.82) is 0 Å². The first-order chi connectivity index (χ1) is 15.8. The quantitative estimate of drug-likeness (QED) is 0.311. The monoisotopic (exact) mass is 456 g/mol. The van der Waals surface area contributed by atoms with Crippen LogP contribution >= 0.6 is 0 Å². The van der Waals surface area contributed by atoms with Crippen LogP contribution in [0.4, 0.5) is 0 Å². The Labute approximate surface area is 193 Å². The number of nitrogens with zero attached hydrogens (tertiary/aromatic N) is 2. The number of fused-ring (bicyclic) bond motifs is 3. The Balaban J connectivity index is 1.48. The summed E-state index contributed by atoms with van der Waals surface area (Å²) in [7, 11) is 0. The van der Waals surface area contributed by atoms with Gasteiger partial charge in [0.2, 0.25) is 6.29 Å². The summed E-state index contributed by atoms with van der Waals surface area (Å²) in [5.41, 5.74) is 4.28. The molecule has 2 atom stereocenters. The molecule has 0 amide bonds. The number of carbonyl (C=O) groups excluding carboxylic acids is 2. The summed E-state index contributed by atoms with van der Waals surface area (Å²) in [6.07, 6.45) is 4.64. The van der Waals surface area contributed by atoms with Gasteiger partial charge in [0.05, 0.1) is 23.9 Å². The Kier molecular flexibility index (Phi) is 8.25. The normalized spacial score (nSPS) is 14.2. The van der Waals surface area contributed by atoms with E-state index in [2.05, 4.69) is 21.7 Å². The minimum absolute atomic E-state index is 0.145. The van der Waals surface area contributed by atoms with Gasteiger partial charge >= 0.3 is 17.9 Å². The van der Waals surface area contributed by atoms with Crippen LogP contribution in [-0.2, 0) is 43.1 Å². The number of aryl methyl sites for hydroxylation is 1. The number of carboxylic acid groups (broad SMARTS) is 1. The number of aliphatic carboxylic acids is 1. The topological polar surface area (TPSA) is 108 Å². The van der Waals surface area contributed by atoms with E-state index in [0.717, 1.165) is 29.9 Å². The third kappa shape index (κ3) is 6.43. The standard InChI is InChI=1S/C25H32N2O6/c1-16(2)25(31)33-17(3)32-23(28)11-7-5-9-19(24(29)30)14-20-22-13-12-18-8-4-6-10-21(18)27(22)15-26-20/h4,6,8,10,15-17,19H,5,7,9,11-14H2,1-3H3,(H,29,30)/t17?,19-/m0/s1. The van der Waals surface area contributed by atoms with Crippen LogP contribution in [0.15, 0.2) is 30.6 Å². The molecule has 8 heteroatoms. The minimum Gasteiger partial charge on any atom is -0.481 e. The molecular formula is C25H32N2O6. The summed E-state index contributed by atoms with van der Waals surface area (Å²) in [4.78, 5) is 39.9. The number of aromatic nitrogens is 2. The van der Waals surface area contributed by atoms with Crippen molar-refractivity contribution in [3.05, 3.63) is 47.5 Å². The summed E-state index contributed by atoms with van der Waals surface area (Å²) >= 11 is 0. The Hall–Kier alpha value is -3.16. The van der Waals surface area contributed by atoms with Gasteiger partial charge in [0.15, 0.2) is 0 Å². The maximum atomic E-state index is 12.0. The van der Waals surface area contributed by atoms with Gasteiger partial charge in [-0.05, 0) is 37.3 Å². The van der Waals surface area contributed by atoms with E-state index < -0.39 is 30.1 Å². The second kappa shape index (κ2) is 11.1. The van der Waals surface area contributed by atoms with Gasteiger partial charge in [0, 0.05) is 31.1 Å². The predicted molar refractivity (Wildman–Crippen MR) is 121 cm³/mol. The Morgan fingerprint density at radius 2 is 1.85 bits per heavy atom. The molecule has 178 valence electrons. The van der Waals surface area contributed by atoms with Crippen molar-refractivity contribution >= 4 is 17.9 Å². The molecule has 0 bridgehead atoms. The molecule has 1 aromatic heterocycles. The van der Waals surface area contributed by atoms with Crippen molar-refractivity contribution in [2.45, 2.75) is 72.0 Å². The summed E-state index contributed by atoms with van der Waals surface area (Å²) in [5, 5.41) is 9.72. The van der Waals surface area contributed by atoms with Crippen molar-refractivity contribution < 1.29 is 29.0 Å². The van der Waals surface area contributed by atoms with E-state index in [1.807, 2.05) is 12.1 Å². The maximum Gasteiger partial charge on any atom is 0.311 e. The summed E-state index contributed by atoms with van der Waals surface area (Å²) in [6, 6.07) is 8.18. The van der Waals surface area contributed by atoms with Gasteiger partial charge in [0.25, 0.3) is 0 Å². The van der Waals surface area contributed by atoms with Crippen LogP contribution in [0.3, 0.4) is 0 Å². The van der Waals surface area contributed by atoms with Gasteiger partial charge in [0.1, 0.15) is 0 Å². The van der Waals surface area contributed by atoms with Crippen molar-refractivity contribution in [2.75, 3.05) is 0 Å². The number of hydrogen-bond donors (Lipinski definition) is 1. The molecule has 0 saturated carbocycles. The van der Waals surface area contributed by atoms with Crippen LogP contribution in [0.2, 0.25) is 0 Å². The molecule has 1 N–H and O–H groups in total. The molecule has 1 unspecified atom stereocenters. The summed E-state index contributed by atoms with van der Waals surface area (Å²) in [5.74, 6) is -2.61. The van der Waals surface area contributed by atoms with Gasteiger partial charge in [-0.25, -0.2) is 4.98 Å². The Bertz CT molecular complexity index is 997. The van der Waals surface area contributed by atoms with Gasteiger partial charge < -0.3 is 19.1 Å². The van der Waals surface area contributed by atoms with E-state index in [1.54, 1.807) is 20.2 Å². The SMILES string of the molecule is CC(OC(=O)CCCC[C@@H](Cc1ncn2c1CCc1ccccc1-2)C(=O)O)OC(=O)C(C)C. The van der Waals surface area contributed by atoms with Crippen molar-refractivity contribution in [3.63, 3.8) is 0 Å².